The summed E-state index contributed by atoms with van der Waals surface area (Å²) >= 11 is 0. The Balaban J connectivity index is 1.89. The van der Waals surface area contributed by atoms with Gasteiger partial charge in [0, 0.05) is 29.9 Å². The van der Waals surface area contributed by atoms with Gasteiger partial charge in [0.2, 0.25) is 0 Å². The van der Waals surface area contributed by atoms with Gasteiger partial charge in [0.1, 0.15) is 18.0 Å². The number of nitrogens with zero attached hydrogens (tertiary/aromatic N) is 2. The van der Waals surface area contributed by atoms with E-state index in [1.807, 2.05) is 18.5 Å². The van der Waals surface area contributed by atoms with Crippen LogP contribution < -0.4 is 4.74 Å². The summed E-state index contributed by atoms with van der Waals surface area (Å²) in [5, 5.41) is 1.13. The largest absolute Gasteiger partial charge is 0.492 e. The predicted molar refractivity (Wildman–Crippen MR) is 95.1 cm³/mol. The van der Waals surface area contributed by atoms with E-state index >= 15 is 0 Å². The number of pyridine rings is 1. The molecule has 0 saturated carbocycles. The molecule has 120 valence electrons. The average Bonchev–Trinajstić information content (AvgIpc) is 2.97. The van der Waals surface area contributed by atoms with Gasteiger partial charge in [-0.05, 0) is 68.9 Å². The fourth-order valence-corrected chi connectivity index (χ4v) is 2.77. The van der Waals surface area contributed by atoms with Crippen molar-refractivity contribution in [3.63, 3.8) is 0 Å². The molecule has 2 aromatic heterocycles. The van der Waals surface area contributed by atoms with Crippen molar-refractivity contribution in [1.82, 2.24) is 14.9 Å². The van der Waals surface area contributed by atoms with E-state index in [-0.39, 0.29) is 0 Å². The molecule has 0 radical (unpaired) electrons. The highest BCUT2D eigenvalue weighted by molar-refractivity contribution is 5.81. The van der Waals surface area contributed by atoms with Gasteiger partial charge >= 0.3 is 0 Å². The van der Waals surface area contributed by atoms with Gasteiger partial charge in [-0.25, -0.2) is 4.98 Å². The zero-order chi connectivity index (χ0) is 16.4. The minimum absolute atomic E-state index is 0.699. The molecule has 2 heterocycles. The molecule has 0 aliphatic heterocycles. The lowest BCUT2D eigenvalue weighted by molar-refractivity contribution is 0.259. The lowest BCUT2D eigenvalue weighted by atomic mass is 10.0. The molecule has 23 heavy (non-hydrogen) atoms. The number of benzene rings is 1. The standard InChI is InChI=1S/C19H23N3O/c1-13-9-16(10-14(2)18(13)23-8-7-22(3)4)17-11-15-5-6-20-19(15)21-12-17/h5-6,9-12H,7-8H2,1-4H3,(H,20,21). The second-order valence-electron chi connectivity index (χ2n) is 6.23. The van der Waals surface area contributed by atoms with E-state index in [0.717, 1.165) is 40.0 Å². The molecule has 0 fully saturated rings. The number of rotatable bonds is 5. The van der Waals surface area contributed by atoms with Crippen molar-refractivity contribution < 1.29 is 4.74 Å². The molecule has 1 N–H and O–H groups in total. The van der Waals surface area contributed by atoms with Crippen LogP contribution in [-0.4, -0.2) is 42.1 Å². The fraction of sp³-hybridized carbons (Fsp3) is 0.316. The Hall–Kier alpha value is -2.33. The molecule has 0 aliphatic rings. The molecule has 3 aromatic rings. The second kappa shape index (κ2) is 6.42. The molecule has 4 heteroatoms. The number of ether oxygens (including phenoxy) is 1. The van der Waals surface area contributed by atoms with Crippen LogP contribution in [0.2, 0.25) is 0 Å². The number of aromatic amines is 1. The normalized spacial score (nSPS) is 11.3. The molecule has 0 unspecified atom stereocenters. The molecular weight excluding hydrogens is 286 g/mol. The molecule has 0 atom stereocenters. The highest BCUT2D eigenvalue weighted by Crippen LogP contribution is 2.31. The third-order valence-electron chi connectivity index (χ3n) is 3.98. The first kappa shape index (κ1) is 15.6. The number of hydrogen-bond acceptors (Lipinski definition) is 3. The van der Waals surface area contributed by atoms with Crippen LogP contribution >= 0.6 is 0 Å². The highest BCUT2D eigenvalue weighted by Gasteiger charge is 2.09. The van der Waals surface area contributed by atoms with Crippen molar-refractivity contribution in [1.29, 1.82) is 0 Å². The molecule has 3 rings (SSSR count). The summed E-state index contributed by atoms with van der Waals surface area (Å²) in [6.45, 7) is 5.81. The maximum absolute atomic E-state index is 5.96. The van der Waals surface area contributed by atoms with Crippen LogP contribution in [0.25, 0.3) is 22.2 Å². The Morgan fingerprint density at radius 2 is 1.83 bits per heavy atom. The van der Waals surface area contributed by atoms with Crippen LogP contribution in [0.1, 0.15) is 11.1 Å². The number of aromatic nitrogens is 2. The maximum Gasteiger partial charge on any atom is 0.137 e. The maximum atomic E-state index is 5.96. The predicted octanol–water partition coefficient (Wildman–Crippen LogP) is 3.79. The summed E-state index contributed by atoms with van der Waals surface area (Å²) in [7, 11) is 4.10. The van der Waals surface area contributed by atoms with Crippen molar-refractivity contribution >= 4 is 11.0 Å². The SMILES string of the molecule is Cc1cc(-c2cnc3[nH]ccc3c2)cc(C)c1OCCN(C)C. The number of H-pyrrole nitrogens is 1. The zero-order valence-corrected chi connectivity index (χ0v) is 14.2. The molecule has 1 aromatic carbocycles. The van der Waals surface area contributed by atoms with Crippen molar-refractivity contribution in [2.45, 2.75) is 13.8 Å². The van der Waals surface area contributed by atoms with Crippen molar-refractivity contribution in [3.05, 3.63) is 47.8 Å². The second-order valence-corrected chi connectivity index (χ2v) is 6.23. The monoisotopic (exact) mass is 309 g/mol. The van der Waals surface area contributed by atoms with Gasteiger partial charge in [0.15, 0.2) is 0 Å². The van der Waals surface area contributed by atoms with Crippen LogP contribution in [0, 0.1) is 13.8 Å². The molecule has 0 spiro atoms. The van der Waals surface area contributed by atoms with Crippen molar-refractivity contribution in [2.24, 2.45) is 0 Å². The van der Waals surface area contributed by atoms with Gasteiger partial charge in [0.25, 0.3) is 0 Å². The van der Waals surface area contributed by atoms with E-state index in [9.17, 15) is 0 Å². The molecule has 0 amide bonds. The third-order valence-corrected chi connectivity index (χ3v) is 3.98. The van der Waals surface area contributed by atoms with E-state index in [1.165, 1.54) is 5.56 Å². The number of aryl methyl sites for hydroxylation is 2. The lowest BCUT2D eigenvalue weighted by Gasteiger charge is -2.16. The summed E-state index contributed by atoms with van der Waals surface area (Å²) in [6.07, 6.45) is 3.83. The van der Waals surface area contributed by atoms with Gasteiger partial charge in [-0.1, -0.05) is 0 Å². The molecule has 0 aliphatic carbocycles. The molecule has 0 saturated heterocycles. The Bertz CT molecular complexity index is 797. The third kappa shape index (κ3) is 3.37. The molecule has 4 nitrogen and oxygen atoms in total. The lowest BCUT2D eigenvalue weighted by Crippen LogP contribution is -2.19. The zero-order valence-electron chi connectivity index (χ0n) is 14.2. The molecule has 0 bridgehead atoms. The molecular formula is C19H23N3O. The first-order chi connectivity index (χ1) is 11.0. The number of likely N-dealkylation sites (N-methyl/N-ethyl adjacent to an activating group) is 1. The van der Waals surface area contributed by atoms with E-state index in [1.54, 1.807) is 0 Å². The van der Waals surface area contributed by atoms with Gasteiger partial charge in [-0.2, -0.15) is 0 Å². The van der Waals surface area contributed by atoms with Crippen molar-refractivity contribution in [2.75, 3.05) is 27.2 Å². The van der Waals surface area contributed by atoms with Crippen molar-refractivity contribution in [3.8, 4) is 16.9 Å². The van der Waals surface area contributed by atoms with Gasteiger partial charge < -0.3 is 14.6 Å². The number of fused-ring (bicyclic) bond motifs is 1. The topological polar surface area (TPSA) is 41.1 Å². The average molecular weight is 309 g/mol. The Labute approximate surface area is 137 Å². The number of nitrogens with one attached hydrogen (secondary N) is 1. The summed E-state index contributed by atoms with van der Waals surface area (Å²) in [4.78, 5) is 9.73. The summed E-state index contributed by atoms with van der Waals surface area (Å²) in [5.41, 5.74) is 5.55. The van der Waals surface area contributed by atoms with Gasteiger partial charge in [-0.3, -0.25) is 0 Å². The first-order valence-corrected chi connectivity index (χ1v) is 7.87. The van der Waals surface area contributed by atoms with Crippen LogP contribution in [0.5, 0.6) is 5.75 Å². The van der Waals surface area contributed by atoms with Crippen LogP contribution in [0.3, 0.4) is 0 Å². The quantitative estimate of drug-likeness (QED) is 0.779. The van der Waals surface area contributed by atoms with Crippen LogP contribution in [-0.2, 0) is 0 Å². The minimum Gasteiger partial charge on any atom is -0.492 e. The van der Waals surface area contributed by atoms with E-state index in [0.29, 0.717) is 6.61 Å². The van der Waals surface area contributed by atoms with E-state index < -0.39 is 0 Å². The number of hydrogen-bond donors (Lipinski definition) is 1. The Kier molecular flexibility index (Phi) is 4.35. The van der Waals surface area contributed by atoms with Crippen LogP contribution in [0.15, 0.2) is 36.7 Å². The fourth-order valence-electron chi connectivity index (χ4n) is 2.77. The minimum atomic E-state index is 0.699. The van der Waals surface area contributed by atoms with Crippen LogP contribution in [0.4, 0.5) is 0 Å². The van der Waals surface area contributed by atoms with Gasteiger partial charge in [0.05, 0.1) is 0 Å². The van der Waals surface area contributed by atoms with E-state index in [4.69, 9.17) is 4.74 Å². The highest BCUT2D eigenvalue weighted by atomic mass is 16.5. The summed E-state index contributed by atoms with van der Waals surface area (Å²) < 4.78 is 5.96. The van der Waals surface area contributed by atoms with E-state index in [2.05, 4.69) is 61.0 Å². The van der Waals surface area contributed by atoms with Gasteiger partial charge in [-0.15, -0.1) is 0 Å². The Morgan fingerprint density at radius 3 is 2.52 bits per heavy atom. The first-order valence-electron chi connectivity index (χ1n) is 7.87. The Morgan fingerprint density at radius 1 is 1.09 bits per heavy atom. The summed E-state index contributed by atoms with van der Waals surface area (Å²) in [6, 6.07) is 8.56. The summed E-state index contributed by atoms with van der Waals surface area (Å²) in [5.74, 6) is 0.992. The smallest absolute Gasteiger partial charge is 0.137 e.